The van der Waals surface area contributed by atoms with Gasteiger partial charge in [-0.15, -0.1) is 0 Å². The van der Waals surface area contributed by atoms with Crippen molar-refractivity contribution < 1.29 is 18.9 Å². The maximum Gasteiger partial charge on any atom is 0.127 e. The number of ether oxygens (including phenoxy) is 4. The van der Waals surface area contributed by atoms with Gasteiger partial charge in [-0.3, -0.25) is 0 Å². The predicted molar refractivity (Wildman–Crippen MR) is 174 cm³/mol. The monoisotopic (exact) mass is 602 g/mol. The van der Waals surface area contributed by atoms with Gasteiger partial charge in [0.05, 0.1) is 13.2 Å². The van der Waals surface area contributed by atoms with Crippen LogP contribution in [0, 0.1) is 35.5 Å². The Hall–Kier alpha value is -1.26. The Balaban J connectivity index is 1.35. The van der Waals surface area contributed by atoms with Gasteiger partial charge < -0.3 is 18.9 Å². The normalized spacial score (nSPS) is 43.0. The lowest BCUT2D eigenvalue weighted by molar-refractivity contribution is -0.0105. The second-order valence-electron chi connectivity index (χ2n) is 19.6. The molecule has 0 spiro atoms. The first-order valence-corrected chi connectivity index (χ1v) is 18.6. The van der Waals surface area contributed by atoms with E-state index in [1.54, 1.807) is 11.1 Å². The molecular weight excluding hydrogens is 544 g/mol. The van der Waals surface area contributed by atoms with E-state index in [0.29, 0.717) is 13.2 Å². The third kappa shape index (κ3) is 4.72. The lowest BCUT2D eigenvalue weighted by Gasteiger charge is -2.60. The van der Waals surface area contributed by atoms with Crippen molar-refractivity contribution in [3.05, 3.63) is 22.3 Å². The Labute approximate surface area is 266 Å². The van der Waals surface area contributed by atoms with Gasteiger partial charge in [-0.25, -0.2) is 0 Å². The highest BCUT2D eigenvalue weighted by Gasteiger charge is 2.59. The molecule has 4 nitrogen and oxygen atoms in total. The number of rotatable bonds is 8. The van der Waals surface area contributed by atoms with Crippen LogP contribution in [0.3, 0.4) is 0 Å². The molecule has 2 saturated heterocycles. The summed E-state index contributed by atoms with van der Waals surface area (Å²) in [5.74, 6) is 7.80. The van der Waals surface area contributed by atoms with Crippen LogP contribution in [0.1, 0.15) is 141 Å². The van der Waals surface area contributed by atoms with Crippen LogP contribution in [0.25, 0.3) is 0 Å². The van der Waals surface area contributed by atoms with Gasteiger partial charge in [-0.05, 0) is 123 Å². The van der Waals surface area contributed by atoms with Crippen LogP contribution < -0.4 is 9.47 Å². The van der Waals surface area contributed by atoms with Gasteiger partial charge in [0.2, 0.25) is 0 Å². The van der Waals surface area contributed by atoms with Crippen molar-refractivity contribution in [3.63, 3.8) is 0 Å². The predicted octanol–water partition coefficient (Wildman–Crippen LogP) is 8.77. The molecule has 0 N–H and O–H groups in total. The van der Waals surface area contributed by atoms with Gasteiger partial charge in [0.15, 0.2) is 0 Å². The van der Waals surface area contributed by atoms with E-state index in [2.05, 4.69) is 41.5 Å². The molecule has 2 atom stereocenters. The molecule has 2 unspecified atom stereocenters. The molecule has 2 heterocycles. The lowest BCUT2D eigenvalue weighted by Crippen LogP contribution is -2.51. The second kappa shape index (κ2) is 9.65. The summed E-state index contributed by atoms with van der Waals surface area (Å²) in [4.78, 5) is 0. The van der Waals surface area contributed by atoms with Gasteiger partial charge >= 0.3 is 0 Å². The first-order chi connectivity index (χ1) is 20.9. The van der Waals surface area contributed by atoms with Crippen molar-refractivity contribution in [3.8, 4) is 11.5 Å². The average Bonchev–Trinajstić information content (AvgIpc) is 3.83. The Bertz CT molecular complexity index is 1150. The van der Waals surface area contributed by atoms with E-state index in [9.17, 15) is 0 Å². The number of hydrogen-bond donors (Lipinski definition) is 0. The lowest BCUT2D eigenvalue weighted by atomic mass is 9.45. The van der Waals surface area contributed by atoms with Crippen molar-refractivity contribution in [2.45, 2.75) is 152 Å². The van der Waals surface area contributed by atoms with E-state index >= 15 is 0 Å². The molecule has 0 amide bonds. The summed E-state index contributed by atoms with van der Waals surface area (Å²) < 4.78 is 26.3. The van der Waals surface area contributed by atoms with Gasteiger partial charge in [-0.2, -0.15) is 0 Å². The molecule has 11 rings (SSSR count). The summed E-state index contributed by atoms with van der Waals surface area (Å²) in [6.45, 7) is 17.9. The topological polar surface area (TPSA) is 43.5 Å². The highest BCUT2D eigenvalue weighted by molar-refractivity contribution is 5.68. The summed E-state index contributed by atoms with van der Waals surface area (Å²) in [6, 6.07) is 0. The summed E-state index contributed by atoms with van der Waals surface area (Å²) >= 11 is 0. The molecule has 10 aliphatic rings. The number of benzene rings is 1. The minimum absolute atomic E-state index is 0.0555. The van der Waals surface area contributed by atoms with Crippen molar-refractivity contribution in [1.82, 2.24) is 0 Å². The molecule has 2 aliphatic heterocycles. The average molecular weight is 603 g/mol. The standard InChI is InChI=1S/C40H58O4/c1-37(2,3)31-33(39-13-23-7-24(14-39)9-25(8-23)15-39)36(44-22-30-20-42-30)32(38(4,5)6)34(35(31)43-21-29-19-41-29)40-16-26-10-27(17-40)12-28(11-26)18-40/h23-30H,7-22H2,1-6H3. The molecule has 1 aromatic rings. The van der Waals surface area contributed by atoms with E-state index in [0.717, 1.165) is 48.7 Å². The van der Waals surface area contributed by atoms with E-state index < -0.39 is 0 Å². The minimum Gasteiger partial charge on any atom is -0.490 e. The zero-order valence-electron chi connectivity index (χ0n) is 28.6. The summed E-state index contributed by atoms with van der Waals surface area (Å²) in [5.41, 5.74) is 6.46. The Kier molecular flexibility index (Phi) is 6.34. The smallest absolute Gasteiger partial charge is 0.127 e. The number of hydrogen-bond acceptors (Lipinski definition) is 4. The van der Waals surface area contributed by atoms with Crippen LogP contribution in [0.2, 0.25) is 0 Å². The Morgan fingerprint density at radius 1 is 0.523 bits per heavy atom. The summed E-state index contributed by atoms with van der Waals surface area (Å²) in [7, 11) is 0. The van der Waals surface area contributed by atoms with E-state index in [-0.39, 0.29) is 33.9 Å². The van der Waals surface area contributed by atoms with Gasteiger partial charge in [0, 0.05) is 33.1 Å². The minimum atomic E-state index is -0.0555. The van der Waals surface area contributed by atoms with Crippen LogP contribution in [-0.4, -0.2) is 38.6 Å². The van der Waals surface area contributed by atoms with Crippen molar-refractivity contribution in [1.29, 1.82) is 0 Å². The van der Waals surface area contributed by atoms with E-state index in [1.807, 2.05) is 0 Å². The third-order valence-electron chi connectivity index (χ3n) is 13.7. The molecule has 242 valence electrons. The van der Waals surface area contributed by atoms with Gasteiger partial charge in [-0.1, -0.05) is 41.5 Å². The van der Waals surface area contributed by atoms with Crippen LogP contribution in [-0.2, 0) is 31.1 Å². The number of epoxide rings is 2. The third-order valence-corrected chi connectivity index (χ3v) is 13.7. The second-order valence-corrected chi connectivity index (χ2v) is 19.6. The highest BCUT2D eigenvalue weighted by atomic mass is 16.6. The summed E-state index contributed by atoms with van der Waals surface area (Å²) in [6.07, 6.45) is 17.2. The van der Waals surface area contributed by atoms with Crippen LogP contribution in [0.4, 0.5) is 0 Å². The van der Waals surface area contributed by atoms with E-state index in [1.165, 1.54) is 99.7 Å². The fourth-order valence-corrected chi connectivity index (χ4v) is 13.0. The molecule has 4 heteroatoms. The van der Waals surface area contributed by atoms with Crippen molar-refractivity contribution in [2.75, 3.05) is 26.4 Å². The molecule has 8 aliphatic carbocycles. The first-order valence-electron chi connectivity index (χ1n) is 18.6. The largest absolute Gasteiger partial charge is 0.490 e. The van der Waals surface area contributed by atoms with E-state index in [4.69, 9.17) is 18.9 Å². The van der Waals surface area contributed by atoms with Gasteiger partial charge in [0.1, 0.15) is 36.9 Å². The highest BCUT2D eigenvalue weighted by Crippen LogP contribution is 2.69. The Morgan fingerprint density at radius 2 is 0.795 bits per heavy atom. The molecule has 1 aromatic carbocycles. The quantitative estimate of drug-likeness (QED) is 0.279. The molecular formula is C40H58O4. The van der Waals surface area contributed by atoms with Gasteiger partial charge in [0.25, 0.3) is 0 Å². The molecule has 8 saturated carbocycles. The SMILES string of the molecule is CC(C)(C)c1c(OCC2CO2)c(C23CC4CC(CC(C4)C2)C3)c(C(C)(C)C)c(OCC2CO2)c1C12CC3CC(CC(C3)C1)C2. The zero-order valence-corrected chi connectivity index (χ0v) is 28.6. The zero-order chi connectivity index (χ0) is 30.2. The van der Waals surface area contributed by atoms with Crippen molar-refractivity contribution in [2.24, 2.45) is 35.5 Å². The fourth-order valence-electron chi connectivity index (χ4n) is 13.0. The first kappa shape index (κ1) is 28.9. The fraction of sp³-hybridized carbons (Fsp3) is 0.850. The Morgan fingerprint density at radius 3 is 1.02 bits per heavy atom. The maximum absolute atomic E-state index is 7.34. The molecule has 10 fully saturated rings. The molecule has 0 radical (unpaired) electrons. The molecule has 0 aromatic heterocycles. The van der Waals surface area contributed by atoms with Crippen LogP contribution in [0.5, 0.6) is 11.5 Å². The summed E-state index contributed by atoms with van der Waals surface area (Å²) in [5, 5.41) is 0. The van der Waals surface area contributed by atoms with Crippen molar-refractivity contribution >= 4 is 0 Å². The maximum atomic E-state index is 7.34. The molecule has 8 bridgehead atoms. The van der Waals surface area contributed by atoms with Crippen LogP contribution in [0.15, 0.2) is 0 Å². The molecule has 44 heavy (non-hydrogen) atoms. The van der Waals surface area contributed by atoms with Crippen LogP contribution >= 0.6 is 0 Å².